The van der Waals surface area contributed by atoms with E-state index in [9.17, 15) is 31.5 Å². The number of carboxylic acid groups (broad SMARTS) is 1. The van der Waals surface area contributed by atoms with Crippen LogP contribution in [0.2, 0.25) is 0 Å². The van der Waals surface area contributed by atoms with Gasteiger partial charge < -0.3 is 35.1 Å². The lowest BCUT2D eigenvalue weighted by molar-refractivity contribution is -0.0797. The second kappa shape index (κ2) is 18.9. The van der Waals surface area contributed by atoms with E-state index in [0.717, 1.165) is 0 Å². The first-order valence-electron chi connectivity index (χ1n) is 17.0. The van der Waals surface area contributed by atoms with Gasteiger partial charge in [0.05, 0.1) is 56.9 Å². The molecule has 0 aromatic carbocycles. The largest absolute Gasteiger partial charge is 0.478 e. The van der Waals surface area contributed by atoms with Gasteiger partial charge >= 0.3 is 17.6 Å². The van der Waals surface area contributed by atoms with Gasteiger partial charge in [-0.1, -0.05) is 5.92 Å². The van der Waals surface area contributed by atoms with Crippen molar-refractivity contribution < 1.29 is 56.0 Å². The number of aliphatic hydroxyl groups is 1. The number of anilines is 1. The molecule has 4 rings (SSSR count). The predicted octanol–water partition coefficient (Wildman–Crippen LogP) is 4.57. The van der Waals surface area contributed by atoms with Crippen molar-refractivity contribution in [3.63, 3.8) is 0 Å². The number of imidazole rings is 1. The fourth-order valence-corrected chi connectivity index (χ4v) is 6.29. The average molecular weight is 790 g/mol. The van der Waals surface area contributed by atoms with Crippen molar-refractivity contribution >= 4 is 35.2 Å². The number of amides is 1. The van der Waals surface area contributed by atoms with Crippen molar-refractivity contribution in [3.05, 3.63) is 42.0 Å². The number of carbonyl (C=O) groups is 2. The van der Waals surface area contributed by atoms with Crippen LogP contribution in [0, 0.1) is 17.8 Å². The molecule has 0 saturated carbocycles. The number of rotatable bonds is 17. The molecule has 0 unspecified atom stereocenters. The van der Waals surface area contributed by atoms with E-state index in [1.54, 1.807) is 37.8 Å². The normalized spacial score (nSPS) is 16.9. The molecule has 14 nitrogen and oxygen atoms in total. The van der Waals surface area contributed by atoms with Crippen LogP contribution < -0.4 is 10.6 Å². The van der Waals surface area contributed by atoms with E-state index in [0.29, 0.717) is 25.1 Å². The Morgan fingerprint density at radius 1 is 1.11 bits per heavy atom. The fraction of sp³-hybridized carbons (Fsp3) is 0.588. The maximum Gasteiger partial charge on any atom is 0.447 e. The first kappa shape index (κ1) is 42.6. The topological polar surface area (TPSA) is 165 Å². The van der Waals surface area contributed by atoms with Crippen molar-refractivity contribution in [2.75, 3.05) is 64.5 Å². The van der Waals surface area contributed by atoms with E-state index in [-0.39, 0.29) is 91.7 Å². The zero-order valence-corrected chi connectivity index (χ0v) is 30.8. The Hall–Kier alpha value is -4.16. The Labute approximate surface area is 312 Å². The van der Waals surface area contributed by atoms with Gasteiger partial charge in [-0.25, -0.2) is 23.4 Å². The number of aromatic nitrogens is 4. The number of carboxylic acids is 1. The Morgan fingerprint density at radius 2 is 1.85 bits per heavy atom. The summed E-state index contributed by atoms with van der Waals surface area (Å²) in [5.41, 5.74) is -4.91. The van der Waals surface area contributed by atoms with Gasteiger partial charge in [-0.3, -0.25) is 14.0 Å². The summed E-state index contributed by atoms with van der Waals surface area (Å²) in [5, 5.41) is 27.7. The van der Waals surface area contributed by atoms with Crippen LogP contribution in [0.15, 0.2) is 35.7 Å². The molecule has 1 aliphatic rings. The zero-order chi connectivity index (χ0) is 39.5. The Kier molecular flexibility index (Phi) is 14.9. The fourth-order valence-electron chi connectivity index (χ4n) is 5.63. The molecule has 54 heavy (non-hydrogen) atoms. The molecule has 4 N–H and O–H groups in total. The summed E-state index contributed by atoms with van der Waals surface area (Å²) < 4.78 is 88.5. The number of aromatic carboxylic acids is 1. The van der Waals surface area contributed by atoms with Gasteiger partial charge in [0, 0.05) is 49.9 Å². The highest BCUT2D eigenvalue weighted by Crippen LogP contribution is 2.40. The standard InChI is InChI=1S/C34H44F5N7O7S/c1-32(2,3)53-31(50)40-10-4-6-27-29(54-34(37,38)39)46-11-5-7-26(28(46)43-27)42-25-8-12-44(21-33(35,36)22-47)19-23(25)9-14-51-16-17-52-15-13-45-20-24(18-41-45)30(48)49/h5,7,11,18,20,23,25,42,47H,8-10,12-17,19,21-22H2,1-3H3,(H,40,50)(H,48,49)/t23-,25-/m0/s1. The van der Waals surface area contributed by atoms with Crippen molar-refractivity contribution in [1.82, 2.24) is 29.4 Å². The molecule has 0 aliphatic carbocycles. The molecule has 1 amide bonds. The van der Waals surface area contributed by atoms with Crippen LogP contribution in [0.5, 0.6) is 0 Å². The number of halogens is 5. The Balaban J connectivity index is 1.43. The number of fused-ring (bicyclic) bond motifs is 1. The van der Waals surface area contributed by atoms with Crippen molar-refractivity contribution in [1.29, 1.82) is 0 Å². The number of nitrogens with zero attached hydrogens (tertiary/aromatic N) is 5. The van der Waals surface area contributed by atoms with E-state index in [4.69, 9.17) is 24.4 Å². The van der Waals surface area contributed by atoms with E-state index in [2.05, 4.69) is 32.6 Å². The molecule has 2 atom stereocenters. The van der Waals surface area contributed by atoms with Crippen LogP contribution in [0.3, 0.4) is 0 Å². The molecular weight excluding hydrogens is 745 g/mol. The summed E-state index contributed by atoms with van der Waals surface area (Å²) in [5.74, 6) is 0.647. The number of aliphatic hydroxyl groups excluding tert-OH is 1. The monoisotopic (exact) mass is 789 g/mol. The smallest absolute Gasteiger partial charge is 0.447 e. The number of hydrogen-bond acceptors (Lipinski definition) is 11. The molecule has 0 radical (unpaired) electrons. The van der Waals surface area contributed by atoms with Crippen LogP contribution in [-0.2, 0) is 20.8 Å². The Bertz CT molecular complexity index is 1770. The van der Waals surface area contributed by atoms with Gasteiger partial charge in [-0.05, 0) is 57.6 Å². The SMILES string of the molecule is CC(C)(C)OC(=O)NCC#Cc1nc2c(N[C@H]3CCN(CC(F)(F)CO)C[C@@H]3CCOCCOCCn3cc(C(=O)O)cn3)cccn2c1SC(F)(F)F. The molecule has 4 heterocycles. The minimum Gasteiger partial charge on any atom is -0.478 e. The summed E-state index contributed by atoms with van der Waals surface area (Å²) in [7, 11) is 0. The summed E-state index contributed by atoms with van der Waals surface area (Å²) in [4.78, 5) is 29.0. The number of thioether (sulfide) groups is 1. The highest BCUT2D eigenvalue weighted by molar-refractivity contribution is 8.00. The van der Waals surface area contributed by atoms with Crippen molar-refractivity contribution in [2.24, 2.45) is 5.92 Å². The van der Waals surface area contributed by atoms with E-state index in [1.165, 1.54) is 27.7 Å². The molecule has 298 valence electrons. The van der Waals surface area contributed by atoms with Crippen molar-refractivity contribution in [2.45, 2.75) is 68.3 Å². The number of ether oxygens (including phenoxy) is 3. The number of likely N-dealkylation sites (tertiary alicyclic amines) is 1. The predicted molar refractivity (Wildman–Crippen MR) is 188 cm³/mol. The number of hydrogen-bond donors (Lipinski definition) is 4. The van der Waals surface area contributed by atoms with Crippen LogP contribution in [-0.4, -0.2) is 129 Å². The Morgan fingerprint density at radius 3 is 2.52 bits per heavy atom. The third-order valence-corrected chi connectivity index (χ3v) is 8.76. The van der Waals surface area contributed by atoms with Gasteiger partial charge in [-0.2, -0.15) is 18.3 Å². The third kappa shape index (κ3) is 13.6. The number of alkyl halides is 5. The summed E-state index contributed by atoms with van der Waals surface area (Å²) in [6.45, 7) is 4.80. The van der Waals surface area contributed by atoms with E-state index < -0.39 is 42.2 Å². The number of nitrogens with one attached hydrogen (secondary N) is 2. The molecule has 20 heteroatoms. The molecule has 1 fully saturated rings. The second-order valence-electron chi connectivity index (χ2n) is 13.4. The molecule has 1 saturated heterocycles. The molecule has 0 bridgehead atoms. The molecule has 1 aliphatic heterocycles. The maximum atomic E-state index is 14.1. The number of carbonyl (C=O) groups excluding carboxylic acids is 1. The lowest BCUT2D eigenvalue weighted by Gasteiger charge is -2.40. The summed E-state index contributed by atoms with van der Waals surface area (Å²) >= 11 is -0.372. The molecular formula is C34H44F5N7O7S. The third-order valence-electron chi connectivity index (χ3n) is 7.94. The highest BCUT2D eigenvalue weighted by Gasteiger charge is 2.37. The molecule has 3 aromatic heterocycles. The van der Waals surface area contributed by atoms with Crippen molar-refractivity contribution in [3.8, 4) is 11.8 Å². The second-order valence-corrected chi connectivity index (χ2v) is 14.5. The number of pyridine rings is 1. The zero-order valence-electron chi connectivity index (χ0n) is 30.0. The average Bonchev–Trinajstić information content (AvgIpc) is 3.69. The van der Waals surface area contributed by atoms with Gasteiger partial charge in [0.15, 0.2) is 5.65 Å². The number of piperidine rings is 1. The van der Waals surface area contributed by atoms with Gasteiger partial charge in [-0.15, -0.1) is 0 Å². The minimum atomic E-state index is -4.66. The quantitative estimate of drug-likeness (QED) is 0.0653. The molecule has 0 spiro atoms. The van der Waals surface area contributed by atoms with Crippen LogP contribution in [0.1, 0.15) is 49.7 Å². The van der Waals surface area contributed by atoms with E-state index >= 15 is 0 Å². The van der Waals surface area contributed by atoms with Gasteiger partial charge in [0.25, 0.3) is 5.92 Å². The lowest BCUT2D eigenvalue weighted by Crippen LogP contribution is -2.50. The van der Waals surface area contributed by atoms with Crippen LogP contribution in [0.25, 0.3) is 5.65 Å². The maximum absolute atomic E-state index is 14.1. The van der Waals surface area contributed by atoms with Crippen LogP contribution >= 0.6 is 11.8 Å². The first-order chi connectivity index (χ1) is 25.4. The van der Waals surface area contributed by atoms with Gasteiger partial charge in [0.2, 0.25) is 0 Å². The lowest BCUT2D eigenvalue weighted by atomic mass is 9.89. The van der Waals surface area contributed by atoms with E-state index in [1.807, 2.05) is 0 Å². The van der Waals surface area contributed by atoms with Crippen LogP contribution in [0.4, 0.5) is 32.4 Å². The summed E-state index contributed by atoms with van der Waals surface area (Å²) in [6.07, 6.45) is 4.18. The highest BCUT2D eigenvalue weighted by atomic mass is 32.2. The van der Waals surface area contributed by atoms with Gasteiger partial charge in [0.1, 0.15) is 22.9 Å². The summed E-state index contributed by atoms with van der Waals surface area (Å²) in [6, 6.07) is 2.92. The minimum absolute atomic E-state index is 0.0692. The molecule has 3 aromatic rings. The first-order valence-corrected chi connectivity index (χ1v) is 17.9. The number of alkyl carbamates (subject to hydrolysis) is 1.